The summed E-state index contributed by atoms with van der Waals surface area (Å²) in [5.74, 6) is -0.982. The Bertz CT molecular complexity index is 591. The van der Waals surface area contributed by atoms with Gasteiger partial charge in [-0.2, -0.15) is 0 Å². The number of benzene rings is 2. The molecule has 0 radical (unpaired) electrons. The van der Waals surface area contributed by atoms with Crippen LogP contribution in [-0.4, -0.2) is 5.78 Å². The van der Waals surface area contributed by atoms with Crippen LogP contribution in [0.1, 0.15) is 12.5 Å². The van der Waals surface area contributed by atoms with Gasteiger partial charge < -0.3 is 0 Å². The van der Waals surface area contributed by atoms with Gasteiger partial charge in [-0.1, -0.05) is 24.3 Å². The van der Waals surface area contributed by atoms with E-state index in [0.717, 1.165) is 0 Å². The summed E-state index contributed by atoms with van der Waals surface area (Å²) in [5.41, 5.74) is 1.08. The number of hydrogen-bond donors (Lipinski definition) is 0. The van der Waals surface area contributed by atoms with E-state index in [-0.39, 0.29) is 23.3 Å². The van der Waals surface area contributed by atoms with Gasteiger partial charge in [-0.25, -0.2) is 8.78 Å². The van der Waals surface area contributed by atoms with Crippen molar-refractivity contribution < 1.29 is 13.6 Å². The predicted octanol–water partition coefficient (Wildman–Crippen LogP) is 3.76. The van der Waals surface area contributed by atoms with Crippen LogP contribution in [0.5, 0.6) is 0 Å². The molecule has 0 amide bonds. The first kappa shape index (κ1) is 12.4. The highest BCUT2D eigenvalue weighted by Crippen LogP contribution is 2.26. The normalized spacial score (nSPS) is 10.4. The van der Waals surface area contributed by atoms with Crippen LogP contribution < -0.4 is 0 Å². The van der Waals surface area contributed by atoms with Crippen molar-refractivity contribution in [2.24, 2.45) is 0 Å². The van der Waals surface area contributed by atoms with Gasteiger partial charge in [0, 0.05) is 17.5 Å². The molecule has 3 heteroatoms. The van der Waals surface area contributed by atoms with E-state index in [9.17, 15) is 13.6 Å². The molecule has 0 heterocycles. The monoisotopic (exact) mass is 246 g/mol. The molecule has 2 aromatic carbocycles. The third kappa shape index (κ3) is 2.62. The summed E-state index contributed by atoms with van der Waals surface area (Å²) in [5, 5.41) is 0. The summed E-state index contributed by atoms with van der Waals surface area (Å²) < 4.78 is 27.3. The molecule has 0 bridgehead atoms. The first-order chi connectivity index (χ1) is 8.58. The molecule has 0 aliphatic heterocycles. The molecule has 0 aliphatic rings. The molecule has 2 aromatic rings. The van der Waals surface area contributed by atoms with Crippen LogP contribution in [-0.2, 0) is 11.2 Å². The second-order valence-electron chi connectivity index (χ2n) is 4.17. The summed E-state index contributed by atoms with van der Waals surface area (Å²) >= 11 is 0. The molecule has 2 rings (SSSR count). The van der Waals surface area contributed by atoms with Crippen LogP contribution in [0, 0.1) is 11.6 Å². The quantitative estimate of drug-likeness (QED) is 0.805. The average Bonchev–Trinajstić information content (AvgIpc) is 2.32. The molecule has 92 valence electrons. The largest absolute Gasteiger partial charge is 0.300 e. The Balaban J connectivity index is 2.50. The number of hydrogen-bond acceptors (Lipinski definition) is 1. The SMILES string of the molecule is CC(=O)Cc1ccc(F)c(-c2ccccc2F)c1. The van der Waals surface area contributed by atoms with Gasteiger partial charge in [-0.15, -0.1) is 0 Å². The van der Waals surface area contributed by atoms with Crippen molar-refractivity contribution in [3.05, 3.63) is 59.7 Å². The Hall–Kier alpha value is -2.03. The fourth-order valence-corrected chi connectivity index (χ4v) is 1.86. The summed E-state index contributed by atoms with van der Waals surface area (Å²) in [4.78, 5) is 11.0. The topological polar surface area (TPSA) is 17.1 Å². The Morgan fingerprint density at radius 1 is 1.00 bits per heavy atom. The van der Waals surface area contributed by atoms with Crippen molar-refractivity contribution >= 4 is 5.78 Å². The van der Waals surface area contributed by atoms with E-state index in [1.807, 2.05) is 0 Å². The highest BCUT2D eigenvalue weighted by Gasteiger charge is 2.10. The molecule has 0 aromatic heterocycles. The Kier molecular flexibility index (Phi) is 3.51. The molecule has 0 aliphatic carbocycles. The van der Waals surface area contributed by atoms with Gasteiger partial charge in [0.15, 0.2) is 0 Å². The molecule has 0 N–H and O–H groups in total. The van der Waals surface area contributed by atoms with Gasteiger partial charge in [0.05, 0.1) is 0 Å². The van der Waals surface area contributed by atoms with Crippen molar-refractivity contribution in [2.75, 3.05) is 0 Å². The van der Waals surface area contributed by atoms with Crippen LogP contribution in [0.2, 0.25) is 0 Å². The van der Waals surface area contributed by atoms with Crippen LogP contribution in [0.4, 0.5) is 8.78 Å². The summed E-state index contributed by atoms with van der Waals surface area (Å²) in [6.07, 6.45) is 0.224. The van der Waals surface area contributed by atoms with Crippen LogP contribution in [0.15, 0.2) is 42.5 Å². The molecule has 0 atom stereocenters. The molecule has 0 spiro atoms. The molecule has 18 heavy (non-hydrogen) atoms. The van der Waals surface area contributed by atoms with Crippen LogP contribution in [0.25, 0.3) is 11.1 Å². The Morgan fingerprint density at radius 2 is 1.67 bits per heavy atom. The lowest BCUT2D eigenvalue weighted by molar-refractivity contribution is -0.116. The molecular weight excluding hydrogens is 234 g/mol. The van der Waals surface area contributed by atoms with E-state index in [1.165, 1.54) is 31.2 Å². The Labute approximate surface area is 104 Å². The van der Waals surface area contributed by atoms with E-state index in [1.54, 1.807) is 18.2 Å². The van der Waals surface area contributed by atoms with E-state index in [2.05, 4.69) is 0 Å². The van der Waals surface area contributed by atoms with Crippen LogP contribution in [0.3, 0.4) is 0 Å². The maximum atomic E-state index is 13.7. The molecule has 0 unspecified atom stereocenters. The van der Waals surface area contributed by atoms with E-state index in [4.69, 9.17) is 0 Å². The van der Waals surface area contributed by atoms with Crippen molar-refractivity contribution in [2.45, 2.75) is 13.3 Å². The van der Waals surface area contributed by atoms with Gasteiger partial charge in [0.2, 0.25) is 0 Å². The summed E-state index contributed by atoms with van der Waals surface area (Å²) in [7, 11) is 0. The van der Waals surface area contributed by atoms with E-state index < -0.39 is 11.6 Å². The maximum absolute atomic E-state index is 13.7. The maximum Gasteiger partial charge on any atom is 0.134 e. The predicted molar refractivity (Wildman–Crippen MR) is 66.2 cm³/mol. The molecule has 0 fully saturated rings. The fourth-order valence-electron chi connectivity index (χ4n) is 1.86. The van der Waals surface area contributed by atoms with Crippen molar-refractivity contribution in [3.63, 3.8) is 0 Å². The second-order valence-corrected chi connectivity index (χ2v) is 4.17. The standard InChI is InChI=1S/C15H12F2O/c1-10(18)8-11-6-7-15(17)13(9-11)12-4-2-3-5-14(12)16/h2-7,9H,8H2,1H3. The molecular formula is C15H12F2O. The number of Topliss-reactive ketones (excluding diaryl/α,β-unsaturated/α-hetero) is 1. The minimum atomic E-state index is -0.493. The minimum absolute atomic E-state index is 0.0129. The molecule has 1 nitrogen and oxygen atoms in total. The van der Waals surface area contributed by atoms with Crippen molar-refractivity contribution in [1.82, 2.24) is 0 Å². The number of carbonyl (C=O) groups excluding carboxylic acids is 1. The number of ketones is 1. The molecule has 0 saturated carbocycles. The second kappa shape index (κ2) is 5.08. The highest BCUT2D eigenvalue weighted by atomic mass is 19.1. The number of halogens is 2. The lowest BCUT2D eigenvalue weighted by Gasteiger charge is -2.07. The number of carbonyl (C=O) groups is 1. The Morgan fingerprint density at radius 3 is 2.33 bits per heavy atom. The summed E-state index contributed by atoms with van der Waals surface area (Å²) in [6, 6.07) is 10.3. The number of rotatable bonds is 3. The van der Waals surface area contributed by atoms with Gasteiger partial charge in [0.1, 0.15) is 17.4 Å². The fraction of sp³-hybridized carbons (Fsp3) is 0.133. The zero-order chi connectivity index (χ0) is 13.1. The van der Waals surface area contributed by atoms with Gasteiger partial charge in [0.25, 0.3) is 0 Å². The van der Waals surface area contributed by atoms with Gasteiger partial charge in [-0.3, -0.25) is 4.79 Å². The zero-order valence-corrected chi connectivity index (χ0v) is 9.91. The lowest BCUT2D eigenvalue weighted by Crippen LogP contribution is -1.98. The third-order valence-corrected chi connectivity index (χ3v) is 2.65. The van der Waals surface area contributed by atoms with Crippen molar-refractivity contribution in [3.8, 4) is 11.1 Å². The molecule has 0 saturated heterocycles. The van der Waals surface area contributed by atoms with Gasteiger partial charge in [-0.05, 0) is 30.7 Å². The average molecular weight is 246 g/mol. The smallest absolute Gasteiger partial charge is 0.134 e. The zero-order valence-electron chi connectivity index (χ0n) is 9.91. The van der Waals surface area contributed by atoms with E-state index in [0.29, 0.717) is 5.56 Å². The third-order valence-electron chi connectivity index (χ3n) is 2.65. The first-order valence-corrected chi connectivity index (χ1v) is 5.60. The van der Waals surface area contributed by atoms with Gasteiger partial charge >= 0.3 is 0 Å². The van der Waals surface area contributed by atoms with Crippen molar-refractivity contribution in [1.29, 1.82) is 0 Å². The van der Waals surface area contributed by atoms with E-state index >= 15 is 0 Å². The lowest BCUT2D eigenvalue weighted by atomic mass is 10.00. The first-order valence-electron chi connectivity index (χ1n) is 5.60. The summed E-state index contributed by atoms with van der Waals surface area (Å²) in [6.45, 7) is 1.46. The highest BCUT2D eigenvalue weighted by molar-refractivity contribution is 5.79. The van der Waals surface area contributed by atoms with Crippen LogP contribution >= 0.6 is 0 Å². The minimum Gasteiger partial charge on any atom is -0.300 e.